The summed E-state index contributed by atoms with van der Waals surface area (Å²) in [5.41, 5.74) is 9.31. The minimum Gasteiger partial charge on any atom is -0.497 e. The van der Waals surface area contributed by atoms with Crippen LogP contribution < -0.4 is 20.1 Å². The summed E-state index contributed by atoms with van der Waals surface area (Å²) in [6.45, 7) is 4.45. The van der Waals surface area contributed by atoms with Crippen LogP contribution in [0.4, 0.5) is 9.93 Å². The van der Waals surface area contributed by atoms with Crippen LogP contribution in [0.25, 0.3) is 28.0 Å². The molecule has 1 aliphatic carbocycles. The molecule has 3 amide bonds. The summed E-state index contributed by atoms with van der Waals surface area (Å²) in [5, 5.41) is 15.2. The number of carbonyl (C=O) groups is 3. The summed E-state index contributed by atoms with van der Waals surface area (Å²) >= 11 is 1.16. The Hall–Kier alpha value is -0.978. The van der Waals surface area contributed by atoms with E-state index in [1.807, 2.05) is 5.32 Å². The van der Waals surface area contributed by atoms with E-state index in [1.165, 1.54) is 12.0 Å². The quantitative estimate of drug-likeness (QED) is 0.153. The number of methoxy groups -OCH3 is 1. The zero-order chi connectivity index (χ0) is 29.3. The van der Waals surface area contributed by atoms with Crippen LogP contribution in [0, 0.1) is 12.5 Å². The molecule has 1 saturated heterocycles. The number of rotatable bonds is 10. The Labute approximate surface area is 341 Å². The van der Waals surface area contributed by atoms with E-state index in [0.717, 1.165) is 17.9 Å². The number of thiazole rings is 1. The van der Waals surface area contributed by atoms with E-state index in [2.05, 4.69) is 21.9 Å². The van der Waals surface area contributed by atoms with Gasteiger partial charge in [-0.3, -0.25) is 9.36 Å². The smallest absolute Gasteiger partial charge is 0.378 e. The number of benzene rings is 1. The second-order valence-corrected chi connectivity index (χ2v) is 11.4. The van der Waals surface area contributed by atoms with Crippen molar-refractivity contribution in [1.82, 2.24) is 25.5 Å². The van der Waals surface area contributed by atoms with E-state index in [0.29, 0.717) is 40.2 Å². The Morgan fingerprint density at radius 2 is 1.91 bits per heavy atom. The van der Waals surface area contributed by atoms with Gasteiger partial charge in [-0.2, -0.15) is 11.3 Å². The SMILES string of the molecule is C=CC1CC1(NC(=O)C1CC(Oc2cc(-c3csc([NH-])n3)nc3cc(OC)ccc23)CN1C(=O)[CH-]NC(=O)O)P=O.[W].[W].[W].[W].[W]. The molecule has 5 rings (SSSR count). The molecule has 2 aliphatic rings. The van der Waals surface area contributed by atoms with Crippen LogP contribution in [0.5, 0.6) is 11.5 Å². The van der Waals surface area contributed by atoms with Gasteiger partial charge in [-0.25, -0.2) is 16.3 Å². The van der Waals surface area contributed by atoms with Crippen LogP contribution in [-0.4, -0.2) is 69.0 Å². The maximum atomic E-state index is 13.4. The molecule has 4 N–H and O–H groups in total. The van der Waals surface area contributed by atoms with Gasteiger partial charge in [0.2, 0.25) is 5.91 Å². The molecule has 0 bridgehead atoms. The number of nitrogens with one attached hydrogen (secondary N) is 3. The number of nitrogens with zero attached hydrogens (tertiary/aromatic N) is 3. The van der Waals surface area contributed by atoms with Crippen LogP contribution in [0.2, 0.25) is 0 Å². The molecule has 46 heavy (non-hydrogen) atoms. The monoisotopic (exact) mass is 1520 g/mol. The van der Waals surface area contributed by atoms with E-state index in [1.54, 1.807) is 35.7 Å². The van der Waals surface area contributed by atoms with Crippen LogP contribution in [-0.2, 0) is 119 Å². The largest absolute Gasteiger partial charge is 0.497 e. The zero-order valence-corrected chi connectivity index (χ0v) is 40.1. The summed E-state index contributed by atoms with van der Waals surface area (Å²) in [4.78, 5) is 47.4. The fourth-order valence-electron chi connectivity index (χ4n) is 4.81. The maximum absolute atomic E-state index is 13.4. The Balaban J connectivity index is 0.00000405. The number of carboxylic acid groups (broad SMARTS) is 1. The summed E-state index contributed by atoms with van der Waals surface area (Å²) < 4.78 is 23.6. The molecule has 1 aromatic carbocycles. The van der Waals surface area contributed by atoms with E-state index in [-0.39, 0.29) is 138 Å². The van der Waals surface area contributed by atoms with Gasteiger partial charge in [0.05, 0.1) is 24.9 Å². The standard InChI is InChI=1S/C26H26N6O7PS.5W/c1-3-13-9-26(13,40-37)31-23(34)20-7-15(11-32(20)22(33)10-28-25(35)36)39-21-8-18(19-12-41-24(27)30-19)29-17-6-14(38-2)4-5-16(17)21;;;;;/h3-6,8,10,12-13,15,20,28H,1,7,9,11H2,2H3,(H4,27,30,31,34,35,36);;;;;/q-1;;;;;/p-1. The molecule has 0 spiro atoms. The first kappa shape index (κ1) is 45.0. The first-order valence-electron chi connectivity index (χ1n) is 12.4. The Bertz CT molecular complexity index is 1570. The summed E-state index contributed by atoms with van der Waals surface area (Å²) in [6, 6.07) is 5.94. The molecule has 3 heterocycles. The molecule has 3 aromatic rings. The van der Waals surface area contributed by atoms with Gasteiger partial charge >= 0.3 is 6.09 Å². The summed E-state index contributed by atoms with van der Waals surface area (Å²) in [6.07, 6.45) is 0.0716. The predicted octanol–water partition coefficient (Wildman–Crippen LogP) is 4.13. The average Bonchev–Trinajstić information content (AvgIpc) is 3.24. The zero-order valence-electron chi connectivity index (χ0n) is 23.7. The number of fused-ring (bicyclic) bond motifs is 1. The number of aromatic nitrogens is 2. The third kappa shape index (κ3) is 10.0. The van der Waals surface area contributed by atoms with E-state index in [9.17, 15) is 18.9 Å². The van der Waals surface area contributed by atoms with Crippen molar-refractivity contribution in [2.45, 2.75) is 30.3 Å². The molecule has 2 fully saturated rings. The number of hydrogen-bond acceptors (Lipinski definition) is 9. The van der Waals surface area contributed by atoms with Crippen molar-refractivity contribution in [3.63, 3.8) is 0 Å². The minimum absolute atomic E-state index is 0. The third-order valence-electron chi connectivity index (χ3n) is 6.98. The average molecular weight is 1520 g/mol. The van der Waals surface area contributed by atoms with E-state index in [4.69, 9.17) is 20.3 Å². The molecule has 244 valence electrons. The molecule has 4 atom stereocenters. The summed E-state index contributed by atoms with van der Waals surface area (Å²) in [7, 11) is 1.27. The minimum atomic E-state index is -1.42. The fraction of sp³-hybridized carbons (Fsp3) is 0.308. The number of hydrogen-bond donors (Lipinski definition) is 3. The number of ether oxygens (including phenoxy) is 2. The van der Waals surface area contributed by atoms with Crippen molar-refractivity contribution < 1.29 is 139 Å². The maximum Gasteiger partial charge on any atom is 0.378 e. The van der Waals surface area contributed by atoms with Gasteiger partial charge in [-0.15, -0.1) is 6.58 Å². The predicted molar refractivity (Wildman–Crippen MR) is 150 cm³/mol. The number of pyridine rings is 1. The van der Waals surface area contributed by atoms with Crippen LogP contribution >= 0.6 is 19.8 Å². The van der Waals surface area contributed by atoms with Crippen molar-refractivity contribution in [2.75, 3.05) is 13.7 Å². The normalized spacial score (nSPS) is 20.6. The molecule has 4 unspecified atom stereocenters. The molecule has 1 aliphatic heterocycles. The molecule has 20 heteroatoms. The van der Waals surface area contributed by atoms with Crippen molar-refractivity contribution in [3.05, 3.63) is 54.6 Å². The van der Waals surface area contributed by atoms with E-state index < -0.39 is 35.3 Å². The number of likely N-dealkylation sites (tertiary alicyclic amines) is 1. The van der Waals surface area contributed by atoms with Crippen LogP contribution in [0.15, 0.2) is 42.3 Å². The van der Waals surface area contributed by atoms with Gasteiger partial charge < -0.3 is 45.6 Å². The van der Waals surface area contributed by atoms with Crippen molar-refractivity contribution in [3.8, 4) is 22.9 Å². The van der Waals surface area contributed by atoms with Gasteiger partial charge in [-0.05, 0) is 34.8 Å². The Morgan fingerprint density at radius 3 is 2.48 bits per heavy atom. The second kappa shape index (κ2) is 19.3. The molecular weight excluding hydrogens is 1490 g/mol. The van der Waals surface area contributed by atoms with Gasteiger partial charge in [0.25, 0.3) is 0 Å². The van der Waals surface area contributed by atoms with Gasteiger partial charge in [0.1, 0.15) is 34.8 Å². The van der Waals surface area contributed by atoms with Crippen molar-refractivity contribution in [2.24, 2.45) is 5.92 Å². The first-order valence-corrected chi connectivity index (χ1v) is 14.1. The van der Waals surface area contributed by atoms with Gasteiger partial charge in [-0.1, -0.05) is 6.08 Å². The van der Waals surface area contributed by atoms with Crippen LogP contribution in [0.3, 0.4) is 0 Å². The molecule has 1 saturated carbocycles. The molecule has 13 nitrogen and oxygen atoms in total. The summed E-state index contributed by atoms with van der Waals surface area (Å²) in [5.74, 6) is -0.429. The second-order valence-electron chi connectivity index (χ2n) is 9.55. The molecule has 0 radical (unpaired) electrons. The number of amides is 3. The molecular formula is C26H25N6O7PSW5-2. The Kier molecular flexibility index (Phi) is 18.9. The Morgan fingerprint density at radius 1 is 1.20 bits per heavy atom. The number of carbonyl (C=O) groups excluding carboxylic acids is 2. The fourth-order valence-corrected chi connectivity index (χ4v) is 6.02. The molecule has 2 aromatic heterocycles. The first-order chi connectivity index (χ1) is 19.7. The third-order valence-corrected chi connectivity index (χ3v) is 8.59. The van der Waals surface area contributed by atoms with Crippen molar-refractivity contribution >= 4 is 53.7 Å². The van der Waals surface area contributed by atoms with Crippen molar-refractivity contribution in [1.29, 1.82) is 0 Å². The van der Waals surface area contributed by atoms with Gasteiger partial charge in [0, 0.05) is 135 Å². The van der Waals surface area contributed by atoms with Gasteiger partial charge in [0.15, 0.2) is 8.46 Å². The van der Waals surface area contributed by atoms with E-state index >= 15 is 0 Å². The topological polar surface area (TPSA) is 184 Å². The van der Waals surface area contributed by atoms with Crippen LogP contribution in [0.1, 0.15) is 12.8 Å².